The topological polar surface area (TPSA) is 93.7 Å². The van der Waals surface area contributed by atoms with E-state index >= 15 is 0 Å². The van der Waals surface area contributed by atoms with E-state index in [2.05, 4.69) is 15.0 Å². The number of hydrogen-bond acceptors (Lipinski definition) is 6. The number of guanidine groups is 1. The number of carbonyl (C=O) groups is 1. The van der Waals surface area contributed by atoms with Crippen molar-refractivity contribution in [3.8, 4) is 16.9 Å². The SMILES string of the molecule is CN1C(=O)[C@]2(C[C@@](C)(Cc3ccccc3F)Oc3ccc(-c4cncnc4)cc32)N=C1N. The van der Waals surface area contributed by atoms with E-state index in [1.165, 1.54) is 17.3 Å². The van der Waals surface area contributed by atoms with E-state index in [0.717, 1.165) is 11.1 Å². The molecule has 0 unspecified atom stereocenters. The zero-order chi connectivity index (χ0) is 22.5. The molecule has 1 amide bonds. The molecular weight excluding hydrogens is 409 g/mol. The van der Waals surface area contributed by atoms with E-state index in [9.17, 15) is 9.18 Å². The number of fused-ring (bicyclic) bond motifs is 2. The van der Waals surface area contributed by atoms with Crippen molar-refractivity contribution in [1.29, 1.82) is 0 Å². The third kappa shape index (κ3) is 3.10. The van der Waals surface area contributed by atoms with Gasteiger partial charge in [-0.15, -0.1) is 0 Å². The molecule has 1 aromatic heterocycles. The Kier molecular flexibility index (Phi) is 4.47. The molecule has 0 saturated heterocycles. The largest absolute Gasteiger partial charge is 0.487 e. The predicted molar refractivity (Wildman–Crippen MR) is 117 cm³/mol. The highest BCUT2D eigenvalue weighted by Gasteiger charge is 2.56. The number of nitrogens with two attached hydrogens (primary N) is 1. The molecule has 2 N–H and O–H groups in total. The summed E-state index contributed by atoms with van der Waals surface area (Å²) in [5.74, 6) is 0.121. The van der Waals surface area contributed by atoms with Crippen LogP contribution in [0.4, 0.5) is 4.39 Å². The highest BCUT2D eigenvalue weighted by Crippen LogP contribution is 2.50. The summed E-state index contributed by atoms with van der Waals surface area (Å²) in [7, 11) is 1.61. The molecule has 5 rings (SSSR count). The van der Waals surface area contributed by atoms with Crippen LogP contribution in [0.3, 0.4) is 0 Å². The van der Waals surface area contributed by atoms with Crippen LogP contribution in [0, 0.1) is 5.82 Å². The molecule has 7 nitrogen and oxygen atoms in total. The van der Waals surface area contributed by atoms with Gasteiger partial charge in [-0.1, -0.05) is 24.3 Å². The van der Waals surface area contributed by atoms with E-state index in [4.69, 9.17) is 10.5 Å². The van der Waals surface area contributed by atoms with Crippen LogP contribution in [0.25, 0.3) is 11.1 Å². The zero-order valence-electron chi connectivity index (χ0n) is 17.7. The van der Waals surface area contributed by atoms with Gasteiger partial charge in [0.1, 0.15) is 23.5 Å². The predicted octanol–water partition coefficient (Wildman–Crippen LogP) is 3.05. The van der Waals surface area contributed by atoms with Gasteiger partial charge in [-0.05, 0) is 36.2 Å². The number of aliphatic imine (C=N–C) groups is 1. The second-order valence-corrected chi connectivity index (χ2v) is 8.53. The number of amides is 1. The fraction of sp³-hybridized carbons (Fsp3) is 0.250. The molecule has 32 heavy (non-hydrogen) atoms. The van der Waals surface area contributed by atoms with Crippen LogP contribution in [0.5, 0.6) is 5.75 Å². The number of nitrogens with zero attached hydrogens (tertiary/aromatic N) is 4. The summed E-state index contributed by atoms with van der Waals surface area (Å²) in [4.78, 5) is 27.6. The average molecular weight is 431 g/mol. The maximum absolute atomic E-state index is 14.4. The van der Waals surface area contributed by atoms with Gasteiger partial charge in [-0.3, -0.25) is 9.69 Å². The van der Waals surface area contributed by atoms with Gasteiger partial charge >= 0.3 is 0 Å². The van der Waals surface area contributed by atoms with Crippen molar-refractivity contribution in [2.24, 2.45) is 10.7 Å². The first-order valence-corrected chi connectivity index (χ1v) is 10.3. The first kappa shape index (κ1) is 20.1. The highest BCUT2D eigenvalue weighted by atomic mass is 19.1. The number of hydrogen-bond donors (Lipinski definition) is 1. The van der Waals surface area contributed by atoms with Crippen molar-refractivity contribution in [2.45, 2.75) is 30.9 Å². The monoisotopic (exact) mass is 431 g/mol. The Bertz CT molecular complexity index is 1250. The Morgan fingerprint density at radius 2 is 1.91 bits per heavy atom. The van der Waals surface area contributed by atoms with E-state index < -0.39 is 11.1 Å². The first-order valence-electron chi connectivity index (χ1n) is 10.3. The van der Waals surface area contributed by atoms with E-state index in [1.54, 1.807) is 37.6 Å². The second-order valence-electron chi connectivity index (χ2n) is 8.53. The molecule has 2 atom stereocenters. The molecule has 2 aliphatic heterocycles. The first-order chi connectivity index (χ1) is 15.3. The van der Waals surface area contributed by atoms with Crippen LogP contribution in [0.1, 0.15) is 24.5 Å². The number of likely N-dealkylation sites (N-methyl/N-ethyl adjacent to an activating group) is 1. The lowest BCUT2D eigenvalue weighted by atomic mass is 9.74. The van der Waals surface area contributed by atoms with Crippen molar-refractivity contribution >= 4 is 11.9 Å². The molecule has 0 fully saturated rings. The van der Waals surface area contributed by atoms with Gasteiger partial charge in [-0.2, -0.15) is 0 Å². The van der Waals surface area contributed by atoms with E-state index in [0.29, 0.717) is 16.9 Å². The highest BCUT2D eigenvalue weighted by molar-refractivity contribution is 6.07. The van der Waals surface area contributed by atoms with Crippen LogP contribution in [-0.4, -0.2) is 39.4 Å². The van der Waals surface area contributed by atoms with Crippen molar-refractivity contribution in [3.05, 3.63) is 78.1 Å². The summed E-state index contributed by atoms with van der Waals surface area (Å²) < 4.78 is 20.8. The van der Waals surface area contributed by atoms with Crippen LogP contribution < -0.4 is 10.5 Å². The van der Waals surface area contributed by atoms with Crippen molar-refractivity contribution < 1.29 is 13.9 Å². The van der Waals surface area contributed by atoms with Crippen LogP contribution in [-0.2, 0) is 16.8 Å². The molecule has 0 saturated carbocycles. The summed E-state index contributed by atoms with van der Waals surface area (Å²) in [5, 5.41) is 0. The minimum Gasteiger partial charge on any atom is -0.487 e. The number of aromatic nitrogens is 2. The summed E-state index contributed by atoms with van der Waals surface area (Å²) >= 11 is 0. The van der Waals surface area contributed by atoms with Gasteiger partial charge in [0, 0.05) is 43.4 Å². The lowest BCUT2D eigenvalue weighted by Gasteiger charge is -2.43. The Labute approximate surface area is 184 Å². The van der Waals surface area contributed by atoms with Crippen molar-refractivity contribution in [3.63, 3.8) is 0 Å². The Morgan fingerprint density at radius 1 is 1.16 bits per heavy atom. The summed E-state index contributed by atoms with van der Waals surface area (Å²) in [6, 6.07) is 12.2. The summed E-state index contributed by atoms with van der Waals surface area (Å²) in [6.07, 6.45) is 5.36. The molecule has 1 spiro atoms. The van der Waals surface area contributed by atoms with Crippen LogP contribution >= 0.6 is 0 Å². The number of halogens is 1. The van der Waals surface area contributed by atoms with Crippen LogP contribution in [0.15, 0.2) is 66.2 Å². The molecule has 2 aromatic carbocycles. The molecule has 0 bridgehead atoms. The molecule has 2 aliphatic rings. The normalized spacial score (nSPS) is 24.3. The van der Waals surface area contributed by atoms with Gasteiger partial charge in [0.05, 0.1) is 0 Å². The summed E-state index contributed by atoms with van der Waals surface area (Å²) in [5.41, 5.74) is 6.73. The fourth-order valence-electron chi connectivity index (χ4n) is 4.64. The van der Waals surface area contributed by atoms with Gasteiger partial charge in [0.15, 0.2) is 11.5 Å². The fourth-order valence-corrected chi connectivity index (χ4v) is 4.64. The lowest BCUT2D eigenvalue weighted by molar-refractivity contribution is -0.133. The summed E-state index contributed by atoms with van der Waals surface area (Å²) in [6.45, 7) is 1.88. The Balaban J connectivity index is 1.65. The molecule has 0 aliphatic carbocycles. The van der Waals surface area contributed by atoms with Gasteiger partial charge < -0.3 is 10.5 Å². The van der Waals surface area contributed by atoms with Gasteiger partial charge in [0.2, 0.25) is 0 Å². The number of rotatable bonds is 3. The maximum Gasteiger partial charge on any atom is 0.261 e. The number of carbonyl (C=O) groups excluding carboxylic acids is 1. The van der Waals surface area contributed by atoms with E-state index in [-0.39, 0.29) is 30.5 Å². The van der Waals surface area contributed by atoms with Gasteiger partial charge in [0.25, 0.3) is 5.91 Å². The Morgan fingerprint density at radius 3 is 2.59 bits per heavy atom. The zero-order valence-corrected chi connectivity index (χ0v) is 17.7. The average Bonchev–Trinajstić information content (AvgIpc) is 2.99. The second kappa shape index (κ2) is 7.12. The molecular formula is C24H22FN5O2. The van der Waals surface area contributed by atoms with Crippen molar-refractivity contribution in [2.75, 3.05) is 7.05 Å². The smallest absolute Gasteiger partial charge is 0.261 e. The Hall–Kier alpha value is -3.81. The third-order valence-electron chi connectivity index (χ3n) is 6.13. The maximum atomic E-state index is 14.4. The van der Waals surface area contributed by atoms with E-state index in [1.807, 2.05) is 25.1 Å². The lowest BCUT2D eigenvalue weighted by Crippen LogP contribution is -2.51. The van der Waals surface area contributed by atoms with Crippen LogP contribution in [0.2, 0.25) is 0 Å². The minimum atomic E-state index is -1.25. The molecule has 3 aromatic rings. The van der Waals surface area contributed by atoms with Crippen molar-refractivity contribution in [1.82, 2.24) is 14.9 Å². The number of benzene rings is 2. The number of ether oxygens (including phenoxy) is 1. The third-order valence-corrected chi connectivity index (χ3v) is 6.13. The minimum absolute atomic E-state index is 0.143. The quantitative estimate of drug-likeness (QED) is 0.688. The molecule has 3 heterocycles. The molecule has 162 valence electrons. The molecule has 8 heteroatoms. The standard InChI is InChI=1S/C24H22FN5O2/c1-23(10-16-5-3-4-6-19(16)25)13-24(21(31)30(2)22(26)29-24)18-9-15(7-8-20(18)32-23)17-11-27-14-28-12-17/h3-9,11-12,14H,10,13H2,1-2H3,(H2,26,29)/t23-,24-/m1/s1. The van der Waals surface area contributed by atoms with Gasteiger partial charge in [-0.25, -0.2) is 19.4 Å². The molecule has 0 radical (unpaired) electrons.